The Bertz CT molecular complexity index is 1480. The predicted molar refractivity (Wildman–Crippen MR) is 121 cm³/mol. The summed E-state index contributed by atoms with van der Waals surface area (Å²) < 4.78 is 3.87. The second kappa shape index (κ2) is 6.81. The number of amides is 1. The van der Waals surface area contributed by atoms with Crippen LogP contribution in [0.5, 0.6) is 0 Å². The van der Waals surface area contributed by atoms with E-state index in [4.69, 9.17) is 5.10 Å². The minimum absolute atomic E-state index is 0.148. The normalized spacial score (nSPS) is 17.8. The topological polar surface area (TPSA) is 94.1 Å². The van der Waals surface area contributed by atoms with E-state index < -0.39 is 0 Å². The van der Waals surface area contributed by atoms with Crippen LogP contribution in [-0.2, 0) is 13.0 Å². The van der Waals surface area contributed by atoms with Gasteiger partial charge in [0.05, 0.1) is 11.4 Å². The van der Waals surface area contributed by atoms with E-state index in [1.807, 2.05) is 34.5 Å². The first kappa shape index (κ1) is 18.7. The van der Waals surface area contributed by atoms with E-state index >= 15 is 0 Å². The number of aryl methyl sites for hydroxylation is 1. The Morgan fingerprint density at radius 2 is 2.03 bits per heavy atom. The van der Waals surface area contributed by atoms with E-state index in [1.54, 1.807) is 11.1 Å². The van der Waals surface area contributed by atoms with Crippen LogP contribution in [0.15, 0.2) is 36.8 Å². The summed E-state index contributed by atoms with van der Waals surface area (Å²) in [6.45, 7) is 1.36. The lowest BCUT2D eigenvalue weighted by Gasteiger charge is -2.17. The molecule has 5 heterocycles. The summed E-state index contributed by atoms with van der Waals surface area (Å²) in [6, 6.07) is 3.88. The molecule has 4 bridgehead atoms. The van der Waals surface area contributed by atoms with Gasteiger partial charge in [-0.3, -0.25) is 13.9 Å². The minimum Gasteiger partial charge on any atom is -0.340 e. The average Bonchev–Trinajstić information content (AvgIpc) is 3.28. The van der Waals surface area contributed by atoms with Gasteiger partial charge in [0.1, 0.15) is 11.4 Å². The largest absolute Gasteiger partial charge is 0.340 e. The molecule has 7 rings (SSSR count). The third kappa shape index (κ3) is 2.84. The van der Waals surface area contributed by atoms with Crippen LogP contribution in [0.25, 0.3) is 22.7 Å². The van der Waals surface area contributed by atoms with Crippen molar-refractivity contribution in [2.75, 3.05) is 13.6 Å². The maximum Gasteiger partial charge on any atom is 0.274 e. The molecule has 0 spiro atoms. The minimum atomic E-state index is -0.148. The second-order valence-corrected chi connectivity index (χ2v) is 9.06. The predicted octanol–water partition coefficient (Wildman–Crippen LogP) is 2.72. The molecule has 0 aromatic carbocycles. The zero-order chi connectivity index (χ0) is 22.1. The van der Waals surface area contributed by atoms with Crippen LogP contribution in [0.2, 0.25) is 0 Å². The third-order valence-corrected chi connectivity index (χ3v) is 6.78. The lowest BCUT2D eigenvalue weighted by Crippen LogP contribution is -2.29. The first-order valence-electron chi connectivity index (χ1n) is 11.4. The fraction of sp³-hybridized carbons (Fsp3) is 0.333. The molecule has 164 valence electrons. The molecule has 4 aromatic heterocycles. The number of carbonyl (C=O) groups is 1. The van der Waals surface area contributed by atoms with Crippen LogP contribution >= 0.6 is 0 Å². The Morgan fingerprint density at radius 3 is 2.91 bits per heavy atom. The zero-order valence-electron chi connectivity index (χ0n) is 18.3. The number of hydrogen-bond donors (Lipinski definition) is 0. The number of nitrogens with zero attached hydrogens (tertiary/aromatic N) is 8. The van der Waals surface area contributed by atoms with Crippen molar-refractivity contribution < 1.29 is 4.79 Å². The number of hydrogen-bond acceptors (Lipinski definition) is 6. The smallest absolute Gasteiger partial charge is 0.274 e. The van der Waals surface area contributed by atoms with Gasteiger partial charge in [-0.15, -0.1) is 5.10 Å². The molecule has 0 radical (unpaired) electrons. The SMILES string of the molecule is CN1CCCn2cc(c(C3CC3)n2)C2=CCc3nnc(cc32)-c2c(nc3ncccn23)C1=O. The number of rotatable bonds is 1. The summed E-state index contributed by atoms with van der Waals surface area (Å²) in [7, 11) is 1.81. The molecular formula is C24H22N8O. The number of aromatic nitrogens is 7. The van der Waals surface area contributed by atoms with Gasteiger partial charge in [-0.25, -0.2) is 9.97 Å². The van der Waals surface area contributed by atoms with Crippen LogP contribution < -0.4 is 0 Å². The van der Waals surface area contributed by atoms with Gasteiger partial charge in [-0.2, -0.15) is 10.2 Å². The summed E-state index contributed by atoms with van der Waals surface area (Å²) in [4.78, 5) is 24.1. The van der Waals surface area contributed by atoms with Crippen molar-refractivity contribution in [1.82, 2.24) is 39.2 Å². The van der Waals surface area contributed by atoms with Gasteiger partial charge >= 0.3 is 0 Å². The molecule has 1 amide bonds. The number of allylic oxidation sites excluding steroid dienone is 1. The van der Waals surface area contributed by atoms with E-state index in [1.165, 1.54) is 29.7 Å². The lowest BCUT2D eigenvalue weighted by molar-refractivity contribution is 0.0787. The highest BCUT2D eigenvalue weighted by Gasteiger charge is 2.33. The van der Waals surface area contributed by atoms with Crippen molar-refractivity contribution in [1.29, 1.82) is 0 Å². The molecule has 4 aromatic rings. The summed E-state index contributed by atoms with van der Waals surface area (Å²) >= 11 is 0. The number of imidazole rings is 1. The van der Waals surface area contributed by atoms with Crippen molar-refractivity contribution in [3.63, 3.8) is 0 Å². The molecule has 0 saturated heterocycles. The summed E-state index contributed by atoms with van der Waals surface area (Å²) in [5, 5.41) is 14.0. The quantitative estimate of drug-likeness (QED) is 0.454. The molecular weight excluding hydrogens is 416 g/mol. The molecule has 2 aliphatic carbocycles. The molecule has 9 nitrogen and oxygen atoms in total. The Balaban J connectivity index is 1.48. The van der Waals surface area contributed by atoms with Gasteiger partial charge in [-0.1, -0.05) is 6.08 Å². The molecule has 1 fully saturated rings. The highest BCUT2D eigenvalue weighted by Crippen LogP contribution is 2.45. The Morgan fingerprint density at radius 1 is 1.12 bits per heavy atom. The highest BCUT2D eigenvalue weighted by atomic mass is 16.2. The number of carbonyl (C=O) groups excluding carboxylic acids is 1. The molecule has 1 saturated carbocycles. The van der Waals surface area contributed by atoms with E-state index in [9.17, 15) is 4.79 Å². The van der Waals surface area contributed by atoms with E-state index in [-0.39, 0.29) is 5.91 Å². The van der Waals surface area contributed by atoms with Gasteiger partial charge < -0.3 is 4.90 Å². The fourth-order valence-electron chi connectivity index (χ4n) is 4.93. The summed E-state index contributed by atoms with van der Waals surface area (Å²) in [6.07, 6.45) is 11.9. The zero-order valence-corrected chi connectivity index (χ0v) is 18.3. The molecule has 0 atom stereocenters. The lowest BCUT2D eigenvalue weighted by atomic mass is 9.99. The highest BCUT2D eigenvalue weighted by molar-refractivity contribution is 5.99. The monoisotopic (exact) mass is 438 g/mol. The molecule has 3 aliphatic rings. The first-order chi connectivity index (χ1) is 16.2. The summed E-state index contributed by atoms with van der Waals surface area (Å²) in [5.74, 6) is 0.866. The van der Waals surface area contributed by atoms with E-state index in [2.05, 4.69) is 32.4 Å². The maximum atomic E-state index is 13.4. The van der Waals surface area contributed by atoms with E-state index in [0.29, 0.717) is 35.3 Å². The van der Waals surface area contributed by atoms with Gasteiger partial charge in [-0.05, 0) is 37.0 Å². The standard InChI is InChI=1S/C24H22N8O/c1-30-9-3-10-31-13-17(20(29-31)14-4-5-14)15-6-7-18-16(15)12-19(28-27-18)22-21(23(30)33)26-24-25-8-2-11-32(22)24/h2,6,8,11-14H,3-5,7,9-10H2,1H3. The van der Waals surface area contributed by atoms with Crippen LogP contribution in [0, 0.1) is 0 Å². The van der Waals surface area contributed by atoms with Gasteiger partial charge in [0.2, 0.25) is 5.78 Å². The Labute approximate surface area is 189 Å². The number of fused-ring (bicyclic) bond motifs is 8. The van der Waals surface area contributed by atoms with Crippen molar-refractivity contribution in [3.8, 4) is 11.4 Å². The van der Waals surface area contributed by atoms with Crippen LogP contribution in [0.4, 0.5) is 0 Å². The van der Waals surface area contributed by atoms with Crippen LogP contribution in [0.1, 0.15) is 58.2 Å². The third-order valence-electron chi connectivity index (χ3n) is 6.78. The van der Waals surface area contributed by atoms with Crippen molar-refractivity contribution in [2.45, 2.75) is 38.1 Å². The summed E-state index contributed by atoms with van der Waals surface area (Å²) in [5.41, 5.74) is 7.18. The Kier molecular flexibility index (Phi) is 3.85. The molecule has 9 heteroatoms. The van der Waals surface area contributed by atoms with Gasteiger partial charge in [0.15, 0.2) is 5.69 Å². The first-order valence-corrected chi connectivity index (χ1v) is 11.4. The molecule has 0 N–H and O–H groups in total. The fourth-order valence-corrected chi connectivity index (χ4v) is 4.93. The van der Waals surface area contributed by atoms with Gasteiger partial charge in [0.25, 0.3) is 5.91 Å². The van der Waals surface area contributed by atoms with Crippen molar-refractivity contribution in [2.24, 2.45) is 0 Å². The molecule has 0 unspecified atom stereocenters. The van der Waals surface area contributed by atoms with E-state index in [0.717, 1.165) is 30.6 Å². The molecule has 33 heavy (non-hydrogen) atoms. The van der Waals surface area contributed by atoms with Crippen LogP contribution in [0.3, 0.4) is 0 Å². The molecule has 1 aliphatic heterocycles. The van der Waals surface area contributed by atoms with Crippen molar-refractivity contribution in [3.05, 3.63) is 65.0 Å². The average molecular weight is 438 g/mol. The van der Waals surface area contributed by atoms with Crippen molar-refractivity contribution >= 4 is 17.3 Å². The van der Waals surface area contributed by atoms with Gasteiger partial charge in [0, 0.05) is 62.2 Å². The maximum absolute atomic E-state index is 13.4. The Hall–Kier alpha value is -3.88. The van der Waals surface area contributed by atoms with Crippen LogP contribution in [-0.4, -0.2) is 58.7 Å². The second-order valence-electron chi connectivity index (χ2n) is 9.06.